The number of aryl methyl sites for hydroxylation is 2. The van der Waals surface area contributed by atoms with Gasteiger partial charge in [-0.1, -0.05) is 27.2 Å². The van der Waals surface area contributed by atoms with E-state index < -0.39 is 0 Å². The van der Waals surface area contributed by atoms with Crippen molar-refractivity contribution >= 4 is 17.1 Å². The van der Waals surface area contributed by atoms with Crippen LogP contribution in [0.3, 0.4) is 0 Å². The van der Waals surface area contributed by atoms with Gasteiger partial charge >= 0.3 is 0 Å². The number of hydrogen-bond donors (Lipinski definition) is 2. The first-order valence-corrected chi connectivity index (χ1v) is 8.69. The Morgan fingerprint density at radius 3 is 2.57 bits per heavy atom. The van der Waals surface area contributed by atoms with Gasteiger partial charge in [0, 0.05) is 21.9 Å². The SMILES string of the molecule is CCCC(C)(C)Cc1c(C)sc(CCCNN)c1C(C)=O. The van der Waals surface area contributed by atoms with Crippen LogP contribution in [0.4, 0.5) is 0 Å². The van der Waals surface area contributed by atoms with Gasteiger partial charge in [0.15, 0.2) is 5.78 Å². The highest BCUT2D eigenvalue weighted by molar-refractivity contribution is 7.12. The molecule has 0 unspecified atom stereocenters. The summed E-state index contributed by atoms with van der Waals surface area (Å²) in [5.41, 5.74) is 5.20. The zero-order chi connectivity index (χ0) is 16.0. The number of hydrogen-bond acceptors (Lipinski definition) is 4. The van der Waals surface area contributed by atoms with Gasteiger partial charge in [0.05, 0.1) is 0 Å². The van der Waals surface area contributed by atoms with Crippen LogP contribution in [0.25, 0.3) is 0 Å². The van der Waals surface area contributed by atoms with Crippen molar-refractivity contribution in [2.75, 3.05) is 6.54 Å². The van der Waals surface area contributed by atoms with Gasteiger partial charge in [0.25, 0.3) is 0 Å². The highest BCUT2D eigenvalue weighted by atomic mass is 32.1. The molecule has 4 heteroatoms. The summed E-state index contributed by atoms with van der Waals surface area (Å²) in [5.74, 6) is 5.53. The number of carbonyl (C=O) groups excluding carboxylic acids is 1. The van der Waals surface area contributed by atoms with Crippen LogP contribution in [0.1, 0.15) is 72.6 Å². The number of Topliss-reactive ketones (excluding diaryl/α,β-unsaturated/α-hetero) is 1. The summed E-state index contributed by atoms with van der Waals surface area (Å²) in [5, 5.41) is 0. The molecule has 0 aliphatic carbocycles. The molecular weight excluding hydrogens is 280 g/mol. The lowest BCUT2D eigenvalue weighted by Crippen LogP contribution is -2.23. The van der Waals surface area contributed by atoms with Gasteiger partial charge in [-0.05, 0) is 50.5 Å². The fraction of sp³-hybridized carbons (Fsp3) is 0.706. The van der Waals surface area contributed by atoms with Crippen LogP contribution in [0.2, 0.25) is 0 Å². The molecule has 1 aromatic rings. The quantitative estimate of drug-likeness (QED) is 0.313. The molecule has 0 saturated carbocycles. The normalized spacial score (nSPS) is 11.9. The third-order valence-corrected chi connectivity index (χ3v) is 5.15. The maximum Gasteiger partial charge on any atom is 0.161 e. The van der Waals surface area contributed by atoms with Gasteiger partial charge in [-0.2, -0.15) is 0 Å². The predicted octanol–water partition coefficient (Wildman–Crippen LogP) is 4.02. The van der Waals surface area contributed by atoms with Gasteiger partial charge in [-0.25, -0.2) is 0 Å². The van der Waals surface area contributed by atoms with Gasteiger partial charge in [-0.15, -0.1) is 11.3 Å². The Morgan fingerprint density at radius 1 is 1.38 bits per heavy atom. The second-order valence-corrected chi connectivity index (χ2v) is 7.95. The fourth-order valence-electron chi connectivity index (χ4n) is 3.03. The van der Waals surface area contributed by atoms with E-state index >= 15 is 0 Å². The highest BCUT2D eigenvalue weighted by Crippen LogP contribution is 2.36. The Bertz CT molecular complexity index is 477. The molecule has 21 heavy (non-hydrogen) atoms. The maximum atomic E-state index is 12.1. The Morgan fingerprint density at radius 2 is 2.05 bits per heavy atom. The van der Waals surface area contributed by atoms with E-state index in [-0.39, 0.29) is 11.2 Å². The van der Waals surface area contributed by atoms with E-state index in [9.17, 15) is 4.79 Å². The number of thiophene rings is 1. The summed E-state index contributed by atoms with van der Waals surface area (Å²) in [4.78, 5) is 14.7. The van der Waals surface area contributed by atoms with E-state index in [0.29, 0.717) is 0 Å². The topological polar surface area (TPSA) is 55.1 Å². The Labute approximate surface area is 133 Å². The summed E-state index contributed by atoms with van der Waals surface area (Å²) in [6, 6.07) is 0. The summed E-state index contributed by atoms with van der Waals surface area (Å²) in [6.45, 7) is 11.5. The number of ketones is 1. The van der Waals surface area contributed by atoms with Crippen LogP contribution >= 0.6 is 11.3 Å². The number of hydrazine groups is 1. The largest absolute Gasteiger partial charge is 0.294 e. The highest BCUT2D eigenvalue weighted by Gasteiger charge is 2.25. The van der Waals surface area contributed by atoms with Crippen molar-refractivity contribution in [2.45, 2.75) is 66.7 Å². The molecule has 0 amide bonds. The number of carbonyl (C=O) groups is 1. The monoisotopic (exact) mass is 310 g/mol. The molecule has 0 aliphatic rings. The van der Waals surface area contributed by atoms with Crippen LogP contribution < -0.4 is 11.3 Å². The zero-order valence-electron chi connectivity index (χ0n) is 14.1. The van der Waals surface area contributed by atoms with Crippen LogP contribution in [-0.2, 0) is 12.8 Å². The van der Waals surface area contributed by atoms with Crippen molar-refractivity contribution in [3.05, 3.63) is 20.9 Å². The second-order valence-electron chi connectivity index (χ2n) is 6.64. The number of nitrogens with one attached hydrogen (secondary N) is 1. The molecule has 0 saturated heterocycles. The molecule has 0 aliphatic heterocycles. The van der Waals surface area contributed by atoms with Gasteiger partial charge in [0.1, 0.15) is 0 Å². The predicted molar refractivity (Wildman–Crippen MR) is 92.0 cm³/mol. The van der Waals surface area contributed by atoms with Gasteiger partial charge < -0.3 is 0 Å². The average molecular weight is 311 g/mol. The van der Waals surface area contributed by atoms with Crippen LogP contribution in [0, 0.1) is 12.3 Å². The summed E-state index contributed by atoms with van der Waals surface area (Å²) < 4.78 is 0. The van der Waals surface area contributed by atoms with Gasteiger partial charge in [-0.3, -0.25) is 16.1 Å². The maximum absolute atomic E-state index is 12.1. The standard InChI is InChI=1S/C17H30N2OS/c1-6-9-17(4,5)11-14-13(3)21-15(8-7-10-19-18)16(14)12(2)20/h19H,6-11,18H2,1-5H3. The minimum Gasteiger partial charge on any atom is -0.294 e. The van der Waals surface area contributed by atoms with Crippen molar-refractivity contribution < 1.29 is 4.79 Å². The molecular formula is C17H30N2OS. The smallest absolute Gasteiger partial charge is 0.161 e. The number of rotatable bonds is 9. The molecule has 1 heterocycles. The Hall–Kier alpha value is -0.710. The lowest BCUT2D eigenvalue weighted by Gasteiger charge is -2.24. The second kappa shape index (κ2) is 8.06. The molecule has 0 radical (unpaired) electrons. The van der Waals surface area contributed by atoms with Crippen LogP contribution in [-0.4, -0.2) is 12.3 Å². The first-order chi connectivity index (χ1) is 9.82. The van der Waals surface area contributed by atoms with Crippen molar-refractivity contribution in [3.8, 4) is 0 Å². The van der Waals surface area contributed by atoms with Crippen molar-refractivity contribution in [1.82, 2.24) is 5.43 Å². The molecule has 0 aromatic carbocycles. The minimum atomic E-state index is 0.206. The first-order valence-electron chi connectivity index (χ1n) is 7.88. The molecule has 3 N–H and O–H groups in total. The lowest BCUT2D eigenvalue weighted by molar-refractivity contribution is 0.101. The first kappa shape index (κ1) is 18.3. The molecule has 0 fully saturated rings. The van der Waals surface area contributed by atoms with E-state index in [2.05, 4.69) is 33.1 Å². The van der Waals surface area contributed by atoms with E-state index in [1.807, 2.05) is 0 Å². The van der Waals surface area contributed by atoms with Gasteiger partial charge in [0.2, 0.25) is 0 Å². The molecule has 0 spiro atoms. The van der Waals surface area contributed by atoms with Crippen LogP contribution in [0.15, 0.2) is 0 Å². The minimum absolute atomic E-state index is 0.206. The van der Waals surface area contributed by atoms with Crippen molar-refractivity contribution in [3.63, 3.8) is 0 Å². The molecule has 1 rings (SSSR count). The molecule has 3 nitrogen and oxygen atoms in total. The Kier molecular flexibility index (Phi) is 7.04. The molecule has 120 valence electrons. The third kappa shape index (κ3) is 5.20. The summed E-state index contributed by atoms with van der Waals surface area (Å²) >= 11 is 1.79. The van der Waals surface area contributed by atoms with E-state index in [4.69, 9.17) is 5.84 Å². The van der Waals surface area contributed by atoms with Crippen molar-refractivity contribution in [2.24, 2.45) is 11.3 Å². The summed E-state index contributed by atoms with van der Waals surface area (Å²) in [7, 11) is 0. The molecule has 1 aromatic heterocycles. The molecule has 0 atom stereocenters. The van der Waals surface area contributed by atoms with Crippen molar-refractivity contribution in [1.29, 1.82) is 0 Å². The summed E-state index contributed by atoms with van der Waals surface area (Å²) in [6.07, 6.45) is 5.26. The molecule has 0 bridgehead atoms. The average Bonchev–Trinajstić information content (AvgIpc) is 2.65. The lowest BCUT2D eigenvalue weighted by atomic mass is 9.80. The van der Waals surface area contributed by atoms with Crippen LogP contribution in [0.5, 0.6) is 0 Å². The van der Waals surface area contributed by atoms with E-state index in [1.165, 1.54) is 28.2 Å². The fourth-order valence-corrected chi connectivity index (χ4v) is 4.32. The Balaban J connectivity index is 3.05. The number of nitrogens with two attached hydrogens (primary N) is 1. The zero-order valence-corrected chi connectivity index (χ0v) is 15.0. The van der Waals surface area contributed by atoms with E-state index in [0.717, 1.165) is 31.4 Å². The third-order valence-electron chi connectivity index (χ3n) is 3.94. The van der Waals surface area contributed by atoms with E-state index in [1.54, 1.807) is 18.3 Å².